The van der Waals surface area contributed by atoms with E-state index in [-0.39, 0.29) is 18.7 Å². The van der Waals surface area contributed by atoms with E-state index in [1.165, 1.54) is 6.07 Å². The van der Waals surface area contributed by atoms with E-state index in [1.54, 1.807) is 42.5 Å². The number of hydrogen-bond acceptors (Lipinski definition) is 7. The summed E-state index contributed by atoms with van der Waals surface area (Å²) in [7, 11) is 0. The fourth-order valence-electron chi connectivity index (χ4n) is 2.56. The van der Waals surface area contributed by atoms with Crippen LogP contribution in [0.3, 0.4) is 0 Å². The summed E-state index contributed by atoms with van der Waals surface area (Å²) < 4.78 is 42.4. The molecular weight excluding hydrogens is 546 g/mol. The van der Waals surface area contributed by atoms with Crippen LogP contribution in [-0.4, -0.2) is 45.4 Å². The van der Waals surface area contributed by atoms with Crippen molar-refractivity contribution in [1.29, 1.82) is 0 Å². The lowest BCUT2D eigenvalue weighted by Gasteiger charge is -2.09. The molecular formula is C22H18Cl2F3N3O7. The van der Waals surface area contributed by atoms with Crippen molar-refractivity contribution in [3.8, 4) is 5.75 Å². The van der Waals surface area contributed by atoms with Gasteiger partial charge in [-0.05, 0) is 36.2 Å². The fraction of sp³-hybridized carbons (Fsp3) is 0.182. The average molecular weight is 564 g/mol. The molecule has 5 N–H and O–H groups in total. The lowest BCUT2D eigenvalue weighted by molar-refractivity contribution is -0.192. The number of anilines is 1. The first-order valence-electron chi connectivity index (χ1n) is 9.99. The zero-order valence-corrected chi connectivity index (χ0v) is 20.0. The average Bonchev–Trinajstić information content (AvgIpc) is 3.28. The number of alkyl halides is 3. The number of hydrogen-bond donors (Lipinski definition) is 4. The van der Waals surface area contributed by atoms with Crippen LogP contribution < -0.4 is 15.8 Å². The standard InChI is InChI=1S/C20H17Cl2N3O5.C2HF3O2/c21-14-5-2-6-15(22)18(14)29-10-13-9-17(25-30-13)19(26)24-12-4-1-3-11(7-12)8-16(23)20(27)28;3-2(4,5)1(6)7/h1-7,9,16H,8,10,23H2,(H,24,26)(H,27,28);(H,6,7). The van der Waals surface area contributed by atoms with Crippen molar-refractivity contribution in [3.05, 3.63) is 75.6 Å². The second kappa shape index (κ2) is 12.9. The molecule has 15 heteroatoms. The minimum Gasteiger partial charge on any atom is -0.482 e. The number of carbonyl (C=O) groups is 3. The maximum Gasteiger partial charge on any atom is 0.490 e. The van der Waals surface area contributed by atoms with Gasteiger partial charge in [-0.1, -0.05) is 46.6 Å². The summed E-state index contributed by atoms with van der Waals surface area (Å²) in [4.78, 5) is 32.2. The summed E-state index contributed by atoms with van der Waals surface area (Å²) in [5.74, 6) is -3.75. The number of carbonyl (C=O) groups excluding carboxylic acids is 1. The Balaban J connectivity index is 0.000000604. The molecule has 198 valence electrons. The van der Waals surface area contributed by atoms with E-state index in [0.717, 1.165) is 0 Å². The Morgan fingerprint density at radius 1 is 1.08 bits per heavy atom. The van der Waals surface area contributed by atoms with Crippen molar-refractivity contribution in [2.75, 3.05) is 5.32 Å². The highest BCUT2D eigenvalue weighted by Gasteiger charge is 2.38. The van der Waals surface area contributed by atoms with Gasteiger partial charge in [-0.15, -0.1) is 0 Å². The number of halogens is 5. The third-order valence-corrected chi connectivity index (χ3v) is 4.86. The van der Waals surface area contributed by atoms with Crippen LogP contribution in [0.15, 0.2) is 53.1 Å². The topological polar surface area (TPSA) is 165 Å². The first-order valence-corrected chi connectivity index (χ1v) is 10.7. The molecule has 0 bridgehead atoms. The van der Waals surface area contributed by atoms with E-state index in [4.69, 9.17) is 53.2 Å². The monoisotopic (exact) mass is 563 g/mol. The van der Waals surface area contributed by atoms with E-state index in [0.29, 0.717) is 32.8 Å². The van der Waals surface area contributed by atoms with E-state index in [2.05, 4.69) is 10.5 Å². The predicted molar refractivity (Wildman–Crippen MR) is 125 cm³/mol. The van der Waals surface area contributed by atoms with Gasteiger partial charge in [0.2, 0.25) is 0 Å². The molecule has 0 saturated heterocycles. The summed E-state index contributed by atoms with van der Waals surface area (Å²) in [6.45, 7) is -0.0215. The van der Waals surface area contributed by atoms with Crippen molar-refractivity contribution in [1.82, 2.24) is 5.16 Å². The number of amides is 1. The Morgan fingerprint density at radius 2 is 1.68 bits per heavy atom. The minimum atomic E-state index is -5.08. The number of carboxylic acid groups (broad SMARTS) is 2. The number of nitrogens with one attached hydrogen (secondary N) is 1. The number of aliphatic carboxylic acids is 2. The molecule has 0 spiro atoms. The van der Waals surface area contributed by atoms with Crippen LogP contribution in [0.1, 0.15) is 21.8 Å². The number of rotatable bonds is 8. The maximum atomic E-state index is 12.4. The molecule has 1 unspecified atom stereocenters. The van der Waals surface area contributed by atoms with E-state index in [1.807, 2.05) is 0 Å². The Hall–Kier alpha value is -3.81. The van der Waals surface area contributed by atoms with Crippen molar-refractivity contribution in [2.45, 2.75) is 25.2 Å². The van der Waals surface area contributed by atoms with Gasteiger partial charge in [0.05, 0.1) is 10.0 Å². The zero-order chi connectivity index (χ0) is 27.8. The van der Waals surface area contributed by atoms with Crippen LogP contribution in [-0.2, 0) is 22.6 Å². The Morgan fingerprint density at radius 3 is 2.24 bits per heavy atom. The molecule has 0 radical (unpaired) electrons. The number of carboxylic acids is 2. The SMILES string of the molecule is NC(Cc1cccc(NC(=O)c2cc(COc3c(Cl)cccc3Cl)on2)c1)C(=O)O.O=C(O)C(F)(F)F. The van der Waals surface area contributed by atoms with Gasteiger partial charge in [0.25, 0.3) is 5.91 Å². The van der Waals surface area contributed by atoms with Crippen LogP contribution >= 0.6 is 23.2 Å². The van der Waals surface area contributed by atoms with Crippen LogP contribution in [0.5, 0.6) is 5.75 Å². The van der Waals surface area contributed by atoms with E-state index >= 15 is 0 Å². The normalized spacial score (nSPS) is 11.6. The summed E-state index contributed by atoms with van der Waals surface area (Å²) in [6, 6.07) is 12.1. The second-order valence-electron chi connectivity index (χ2n) is 7.12. The molecule has 0 aliphatic carbocycles. The highest BCUT2D eigenvalue weighted by atomic mass is 35.5. The van der Waals surface area contributed by atoms with Crippen molar-refractivity contribution in [2.24, 2.45) is 5.73 Å². The highest BCUT2D eigenvalue weighted by Crippen LogP contribution is 2.33. The number of benzene rings is 2. The second-order valence-corrected chi connectivity index (χ2v) is 7.94. The Labute approximate surface area is 216 Å². The third kappa shape index (κ3) is 9.29. The summed E-state index contributed by atoms with van der Waals surface area (Å²) in [6.07, 6.45) is -4.95. The molecule has 0 saturated carbocycles. The zero-order valence-electron chi connectivity index (χ0n) is 18.5. The molecule has 2 aromatic carbocycles. The quantitative estimate of drug-likeness (QED) is 0.310. The van der Waals surface area contributed by atoms with Crippen LogP contribution in [0.25, 0.3) is 0 Å². The molecule has 10 nitrogen and oxygen atoms in total. The van der Waals surface area contributed by atoms with Gasteiger partial charge >= 0.3 is 18.1 Å². The van der Waals surface area contributed by atoms with Gasteiger partial charge in [0.15, 0.2) is 17.2 Å². The van der Waals surface area contributed by atoms with E-state index in [9.17, 15) is 22.8 Å². The lowest BCUT2D eigenvalue weighted by Crippen LogP contribution is -2.32. The summed E-state index contributed by atoms with van der Waals surface area (Å²) in [5, 5.41) is 23.1. The highest BCUT2D eigenvalue weighted by molar-refractivity contribution is 6.37. The molecule has 1 atom stereocenters. The smallest absolute Gasteiger partial charge is 0.482 e. The van der Waals surface area contributed by atoms with Crippen molar-refractivity contribution in [3.63, 3.8) is 0 Å². The lowest BCUT2D eigenvalue weighted by atomic mass is 10.1. The molecule has 1 amide bonds. The molecule has 0 aliphatic heterocycles. The number of para-hydroxylation sites is 1. The molecule has 0 aliphatic rings. The van der Waals surface area contributed by atoms with Gasteiger partial charge in [-0.2, -0.15) is 13.2 Å². The summed E-state index contributed by atoms with van der Waals surface area (Å²) in [5.41, 5.74) is 6.74. The largest absolute Gasteiger partial charge is 0.490 e. The molecule has 1 heterocycles. The third-order valence-electron chi connectivity index (χ3n) is 4.27. The predicted octanol–water partition coefficient (Wildman–Crippen LogP) is 4.40. The molecule has 0 fully saturated rings. The molecule has 1 aromatic heterocycles. The number of aromatic nitrogens is 1. The van der Waals surface area contributed by atoms with Gasteiger partial charge in [0, 0.05) is 11.8 Å². The summed E-state index contributed by atoms with van der Waals surface area (Å²) >= 11 is 12.1. The number of nitrogens with two attached hydrogens (primary N) is 1. The molecule has 3 aromatic rings. The van der Waals surface area contributed by atoms with Gasteiger partial charge in [-0.3, -0.25) is 9.59 Å². The van der Waals surface area contributed by atoms with Crippen molar-refractivity contribution < 1.29 is 47.0 Å². The van der Waals surface area contributed by atoms with Crippen molar-refractivity contribution >= 4 is 46.7 Å². The van der Waals surface area contributed by atoms with Crippen LogP contribution in [0, 0.1) is 0 Å². The number of ether oxygens (including phenoxy) is 1. The number of nitrogens with zero attached hydrogens (tertiary/aromatic N) is 1. The molecule has 3 rings (SSSR count). The van der Waals surface area contributed by atoms with Gasteiger partial charge in [-0.25, -0.2) is 4.79 Å². The fourth-order valence-corrected chi connectivity index (χ4v) is 3.07. The van der Waals surface area contributed by atoms with Crippen LogP contribution in [0.2, 0.25) is 10.0 Å². The molecule has 37 heavy (non-hydrogen) atoms. The first kappa shape index (κ1) is 29.4. The Bertz CT molecular complexity index is 1250. The first-order chi connectivity index (χ1) is 17.3. The Kier molecular flexibility index (Phi) is 10.3. The van der Waals surface area contributed by atoms with Gasteiger partial charge < -0.3 is 30.5 Å². The minimum absolute atomic E-state index is 0.0215. The van der Waals surface area contributed by atoms with Gasteiger partial charge in [0.1, 0.15) is 12.6 Å². The van der Waals surface area contributed by atoms with Crippen LogP contribution in [0.4, 0.5) is 18.9 Å². The van der Waals surface area contributed by atoms with E-state index < -0.39 is 30.1 Å². The maximum absolute atomic E-state index is 12.4.